The van der Waals surface area contributed by atoms with Gasteiger partial charge in [-0.3, -0.25) is 9.59 Å². The van der Waals surface area contributed by atoms with Crippen molar-refractivity contribution in [2.45, 2.75) is 20.4 Å². The number of nitrogens with one attached hydrogen (secondary N) is 2. The van der Waals surface area contributed by atoms with Crippen molar-refractivity contribution in [2.24, 2.45) is 0 Å². The maximum atomic E-state index is 12.4. The molecule has 0 heterocycles. The van der Waals surface area contributed by atoms with Crippen LogP contribution in [-0.2, 0) is 16.1 Å². The molecule has 0 radical (unpaired) electrons. The molecule has 2 aromatic rings. The summed E-state index contributed by atoms with van der Waals surface area (Å²) < 4.78 is 5.31. The standard InChI is InChI=1S/C20H25N3O3/c1-14-7-5-6-8-16(14)13-23(3)20(25)12-21-18-11-17(22-15(2)24)9-10-19(18)26-4/h5-11,21H,12-13H2,1-4H3,(H,22,24). The fourth-order valence-electron chi connectivity index (χ4n) is 2.56. The number of benzene rings is 2. The summed E-state index contributed by atoms with van der Waals surface area (Å²) in [7, 11) is 3.34. The van der Waals surface area contributed by atoms with E-state index in [-0.39, 0.29) is 18.4 Å². The van der Waals surface area contributed by atoms with Gasteiger partial charge in [-0.05, 0) is 36.2 Å². The van der Waals surface area contributed by atoms with Crippen LogP contribution in [0.25, 0.3) is 0 Å². The summed E-state index contributed by atoms with van der Waals surface area (Å²) in [5.74, 6) is 0.406. The summed E-state index contributed by atoms with van der Waals surface area (Å²) in [6.07, 6.45) is 0. The molecule has 2 amide bonds. The average molecular weight is 355 g/mol. The fourth-order valence-corrected chi connectivity index (χ4v) is 2.56. The molecular weight excluding hydrogens is 330 g/mol. The number of methoxy groups -OCH3 is 1. The van der Waals surface area contributed by atoms with Crippen LogP contribution in [0, 0.1) is 6.92 Å². The van der Waals surface area contributed by atoms with E-state index in [1.165, 1.54) is 6.92 Å². The Bertz CT molecular complexity index is 790. The number of anilines is 2. The van der Waals surface area contributed by atoms with Crippen LogP contribution in [0.3, 0.4) is 0 Å². The molecule has 0 atom stereocenters. The Morgan fingerprint density at radius 2 is 1.88 bits per heavy atom. The number of rotatable bonds is 7. The Morgan fingerprint density at radius 3 is 2.54 bits per heavy atom. The molecule has 0 aliphatic carbocycles. The first-order valence-corrected chi connectivity index (χ1v) is 8.38. The molecule has 26 heavy (non-hydrogen) atoms. The number of carbonyl (C=O) groups excluding carboxylic acids is 2. The number of nitrogens with zero attached hydrogens (tertiary/aromatic N) is 1. The van der Waals surface area contributed by atoms with E-state index in [2.05, 4.69) is 10.6 Å². The minimum atomic E-state index is -0.157. The molecule has 2 rings (SSSR count). The Hall–Kier alpha value is -3.02. The van der Waals surface area contributed by atoms with Gasteiger partial charge in [0.2, 0.25) is 11.8 Å². The molecule has 2 aromatic carbocycles. The second kappa shape index (κ2) is 8.89. The van der Waals surface area contributed by atoms with E-state index in [4.69, 9.17) is 4.74 Å². The van der Waals surface area contributed by atoms with Crippen molar-refractivity contribution >= 4 is 23.2 Å². The summed E-state index contributed by atoms with van der Waals surface area (Å²) in [6, 6.07) is 13.2. The van der Waals surface area contributed by atoms with Crippen LogP contribution in [0.5, 0.6) is 5.75 Å². The van der Waals surface area contributed by atoms with Crippen LogP contribution in [-0.4, -0.2) is 37.4 Å². The fraction of sp³-hybridized carbons (Fsp3) is 0.300. The lowest BCUT2D eigenvalue weighted by atomic mass is 10.1. The van der Waals surface area contributed by atoms with E-state index in [9.17, 15) is 9.59 Å². The van der Waals surface area contributed by atoms with Gasteiger partial charge in [-0.15, -0.1) is 0 Å². The zero-order valence-corrected chi connectivity index (χ0v) is 15.6. The Balaban J connectivity index is 2.01. The number of amides is 2. The second-order valence-electron chi connectivity index (χ2n) is 6.13. The number of hydrogen-bond acceptors (Lipinski definition) is 4. The summed E-state index contributed by atoms with van der Waals surface area (Å²) in [4.78, 5) is 25.3. The molecule has 6 heteroatoms. The normalized spacial score (nSPS) is 10.2. The molecule has 0 saturated heterocycles. The predicted molar refractivity (Wildman–Crippen MR) is 103 cm³/mol. The topological polar surface area (TPSA) is 70.7 Å². The summed E-state index contributed by atoms with van der Waals surface area (Å²) in [5.41, 5.74) is 3.57. The van der Waals surface area contributed by atoms with Crippen LogP contribution in [0.4, 0.5) is 11.4 Å². The quantitative estimate of drug-likeness (QED) is 0.801. The molecule has 2 N–H and O–H groups in total. The largest absolute Gasteiger partial charge is 0.495 e. The van der Waals surface area contributed by atoms with Crippen LogP contribution in [0.1, 0.15) is 18.1 Å². The highest BCUT2D eigenvalue weighted by Gasteiger charge is 2.12. The smallest absolute Gasteiger partial charge is 0.241 e. The van der Waals surface area contributed by atoms with E-state index < -0.39 is 0 Å². The van der Waals surface area contributed by atoms with Gasteiger partial charge in [-0.1, -0.05) is 24.3 Å². The van der Waals surface area contributed by atoms with Crippen molar-refractivity contribution in [3.63, 3.8) is 0 Å². The monoisotopic (exact) mass is 355 g/mol. The second-order valence-corrected chi connectivity index (χ2v) is 6.13. The molecule has 0 aromatic heterocycles. The third kappa shape index (κ3) is 5.24. The maximum Gasteiger partial charge on any atom is 0.241 e. The Kier molecular flexibility index (Phi) is 6.60. The van der Waals surface area contributed by atoms with Gasteiger partial charge >= 0.3 is 0 Å². The van der Waals surface area contributed by atoms with Crippen molar-refractivity contribution in [2.75, 3.05) is 31.3 Å². The van der Waals surface area contributed by atoms with Gasteiger partial charge in [0.1, 0.15) is 5.75 Å². The molecule has 0 unspecified atom stereocenters. The minimum Gasteiger partial charge on any atom is -0.495 e. The zero-order chi connectivity index (χ0) is 19.1. The van der Waals surface area contributed by atoms with E-state index >= 15 is 0 Å². The summed E-state index contributed by atoms with van der Waals surface area (Å²) in [5, 5.41) is 5.81. The predicted octanol–water partition coefficient (Wildman–Crippen LogP) is 3.03. The Labute approximate surface area is 154 Å². The van der Waals surface area contributed by atoms with Gasteiger partial charge in [0.25, 0.3) is 0 Å². The first-order valence-electron chi connectivity index (χ1n) is 8.38. The molecule has 0 aliphatic heterocycles. The molecule has 0 bridgehead atoms. The number of ether oxygens (including phenoxy) is 1. The summed E-state index contributed by atoms with van der Waals surface area (Å²) >= 11 is 0. The molecule has 138 valence electrons. The number of carbonyl (C=O) groups is 2. The average Bonchev–Trinajstić information content (AvgIpc) is 2.61. The molecule has 0 spiro atoms. The number of aryl methyl sites for hydroxylation is 1. The third-order valence-corrected chi connectivity index (χ3v) is 4.04. The Morgan fingerprint density at radius 1 is 1.15 bits per heavy atom. The van der Waals surface area contributed by atoms with Gasteiger partial charge in [0.05, 0.1) is 19.3 Å². The SMILES string of the molecule is COc1ccc(NC(C)=O)cc1NCC(=O)N(C)Cc1ccccc1C. The first kappa shape index (κ1) is 19.3. The van der Waals surface area contributed by atoms with Gasteiger partial charge < -0.3 is 20.3 Å². The number of likely N-dealkylation sites (N-methyl/N-ethyl adjacent to an activating group) is 1. The van der Waals surface area contributed by atoms with E-state index in [0.29, 0.717) is 23.7 Å². The number of hydrogen-bond donors (Lipinski definition) is 2. The van der Waals surface area contributed by atoms with Crippen molar-refractivity contribution in [3.05, 3.63) is 53.6 Å². The lowest BCUT2D eigenvalue weighted by molar-refractivity contribution is -0.128. The zero-order valence-electron chi connectivity index (χ0n) is 15.6. The molecule has 0 fully saturated rings. The van der Waals surface area contributed by atoms with Crippen LogP contribution in [0.2, 0.25) is 0 Å². The van der Waals surface area contributed by atoms with E-state index in [0.717, 1.165) is 11.1 Å². The third-order valence-electron chi connectivity index (χ3n) is 4.04. The molecular formula is C20H25N3O3. The van der Waals surface area contributed by atoms with E-state index in [1.807, 2.05) is 31.2 Å². The van der Waals surface area contributed by atoms with Crippen LogP contribution < -0.4 is 15.4 Å². The van der Waals surface area contributed by atoms with Crippen molar-refractivity contribution in [3.8, 4) is 5.75 Å². The highest BCUT2D eigenvalue weighted by Crippen LogP contribution is 2.27. The van der Waals surface area contributed by atoms with Gasteiger partial charge in [0.15, 0.2) is 0 Å². The highest BCUT2D eigenvalue weighted by molar-refractivity contribution is 5.90. The van der Waals surface area contributed by atoms with Gasteiger partial charge in [-0.2, -0.15) is 0 Å². The van der Waals surface area contributed by atoms with Crippen molar-refractivity contribution in [1.82, 2.24) is 4.90 Å². The van der Waals surface area contributed by atoms with Gasteiger partial charge in [-0.25, -0.2) is 0 Å². The lowest BCUT2D eigenvalue weighted by Gasteiger charge is -2.20. The highest BCUT2D eigenvalue weighted by atomic mass is 16.5. The first-order chi connectivity index (χ1) is 12.4. The molecule has 6 nitrogen and oxygen atoms in total. The van der Waals surface area contributed by atoms with Gasteiger partial charge in [0, 0.05) is 26.2 Å². The minimum absolute atomic E-state index is 0.0414. The van der Waals surface area contributed by atoms with E-state index in [1.54, 1.807) is 37.3 Å². The molecule has 0 aliphatic rings. The summed E-state index contributed by atoms with van der Waals surface area (Å²) in [6.45, 7) is 4.16. The lowest BCUT2D eigenvalue weighted by Crippen LogP contribution is -2.32. The van der Waals surface area contributed by atoms with Crippen LogP contribution in [0.15, 0.2) is 42.5 Å². The molecule has 0 saturated carbocycles. The van der Waals surface area contributed by atoms with Crippen LogP contribution >= 0.6 is 0 Å². The van der Waals surface area contributed by atoms with Crippen molar-refractivity contribution in [1.29, 1.82) is 0 Å². The van der Waals surface area contributed by atoms with Crippen molar-refractivity contribution < 1.29 is 14.3 Å². The maximum absolute atomic E-state index is 12.4.